The van der Waals surface area contributed by atoms with Gasteiger partial charge in [-0.05, 0) is 30.0 Å². The number of halogens is 1. The second kappa shape index (κ2) is 6.02. The zero-order valence-corrected chi connectivity index (χ0v) is 13.1. The summed E-state index contributed by atoms with van der Waals surface area (Å²) in [5.74, 6) is 0. The van der Waals surface area contributed by atoms with Gasteiger partial charge in [-0.1, -0.05) is 0 Å². The Balaban J connectivity index is 2.18. The quantitative estimate of drug-likeness (QED) is 0.798. The molecule has 1 unspecified atom stereocenters. The third-order valence-corrected chi connectivity index (χ3v) is 3.85. The molecule has 1 aromatic heterocycles. The highest BCUT2D eigenvalue weighted by atomic mass is 79.9. The van der Waals surface area contributed by atoms with Gasteiger partial charge in [0.05, 0.1) is 24.6 Å². The maximum Gasteiger partial charge on any atom is 0.282 e. The van der Waals surface area contributed by atoms with Crippen LogP contribution in [0.2, 0.25) is 0 Å². The molecule has 7 heteroatoms. The first-order chi connectivity index (χ1) is 8.99. The lowest BCUT2D eigenvalue weighted by Crippen LogP contribution is -2.47. The first-order valence-corrected chi connectivity index (χ1v) is 7.01. The van der Waals surface area contributed by atoms with E-state index in [9.17, 15) is 4.79 Å². The molecule has 1 aliphatic rings. The highest BCUT2D eigenvalue weighted by Gasteiger charge is 2.23. The zero-order valence-electron chi connectivity index (χ0n) is 11.5. The standard InChI is InChI=1S/C12H19BrN4O2/c1-15(2)7-9-8-17(4-5-19-9)10-6-14-16(3)12(18)11(10)13/h6,9H,4-5,7-8H2,1-3H3. The van der Waals surface area contributed by atoms with Crippen LogP contribution in [-0.2, 0) is 11.8 Å². The Morgan fingerprint density at radius 3 is 3.00 bits per heavy atom. The average molecular weight is 331 g/mol. The Morgan fingerprint density at radius 2 is 2.32 bits per heavy atom. The van der Waals surface area contributed by atoms with Crippen LogP contribution in [0.1, 0.15) is 0 Å². The Bertz CT molecular complexity index is 503. The molecule has 1 atom stereocenters. The second-order valence-corrected chi connectivity index (χ2v) is 5.77. The first kappa shape index (κ1) is 14.5. The van der Waals surface area contributed by atoms with Crippen molar-refractivity contribution in [1.29, 1.82) is 0 Å². The van der Waals surface area contributed by atoms with Gasteiger partial charge < -0.3 is 14.5 Å². The predicted molar refractivity (Wildman–Crippen MR) is 77.7 cm³/mol. The largest absolute Gasteiger partial charge is 0.373 e. The summed E-state index contributed by atoms with van der Waals surface area (Å²) in [4.78, 5) is 16.1. The molecule has 0 spiro atoms. The fraction of sp³-hybridized carbons (Fsp3) is 0.667. The molecule has 2 heterocycles. The molecule has 19 heavy (non-hydrogen) atoms. The van der Waals surface area contributed by atoms with Crippen molar-refractivity contribution in [1.82, 2.24) is 14.7 Å². The number of likely N-dealkylation sites (N-methyl/N-ethyl adjacent to an activating group) is 1. The lowest BCUT2D eigenvalue weighted by Gasteiger charge is -2.35. The third kappa shape index (κ3) is 3.34. The molecule has 1 saturated heterocycles. The minimum atomic E-state index is -0.117. The number of hydrogen-bond donors (Lipinski definition) is 0. The summed E-state index contributed by atoms with van der Waals surface area (Å²) in [6.45, 7) is 3.08. The Kier molecular flexibility index (Phi) is 4.59. The number of aryl methyl sites for hydroxylation is 1. The minimum absolute atomic E-state index is 0.117. The van der Waals surface area contributed by atoms with E-state index in [1.54, 1.807) is 13.2 Å². The van der Waals surface area contributed by atoms with Gasteiger partial charge in [0.25, 0.3) is 5.56 Å². The Morgan fingerprint density at radius 1 is 1.58 bits per heavy atom. The molecule has 0 radical (unpaired) electrons. The van der Waals surface area contributed by atoms with Crippen LogP contribution in [0.15, 0.2) is 15.5 Å². The lowest BCUT2D eigenvalue weighted by atomic mass is 10.2. The molecule has 0 aliphatic carbocycles. The number of anilines is 1. The van der Waals surface area contributed by atoms with Crippen LogP contribution in [0, 0.1) is 0 Å². The van der Waals surface area contributed by atoms with Gasteiger partial charge in [0.1, 0.15) is 4.47 Å². The van der Waals surface area contributed by atoms with Gasteiger partial charge in [-0.3, -0.25) is 4.79 Å². The molecule has 0 bridgehead atoms. The van der Waals surface area contributed by atoms with Gasteiger partial charge in [0.2, 0.25) is 0 Å². The Labute approximate surface area is 121 Å². The van der Waals surface area contributed by atoms with Crippen LogP contribution in [0.5, 0.6) is 0 Å². The van der Waals surface area contributed by atoms with Crippen molar-refractivity contribution in [2.24, 2.45) is 7.05 Å². The lowest BCUT2D eigenvalue weighted by molar-refractivity contribution is 0.0247. The van der Waals surface area contributed by atoms with Crippen LogP contribution >= 0.6 is 15.9 Å². The van der Waals surface area contributed by atoms with E-state index in [0.29, 0.717) is 11.1 Å². The normalized spacial score (nSPS) is 20.1. The SMILES string of the molecule is CN(C)CC1CN(c2cnn(C)c(=O)c2Br)CCO1. The molecular weight excluding hydrogens is 312 g/mol. The van der Waals surface area contributed by atoms with Gasteiger partial charge in [0, 0.05) is 26.7 Å². The maximum atomic E-state index is 11.9. The van der Waals surface area contributed by atoms with E-state index in [1.807, 2.05) is 14.1 Å². The minimum Gasteiger partial charge on any atom is -0.373 e. The summed E-state index contributed by atoms with van der Waals surface area (Å²) in [5, 5.41) is 4.08. The van der Waals surface area contributed by atoms with Crippen LogP contribution in [0.25, 0.3) is 0 Å². The fourth-order valence-electron chi connectivity index (χ4n) is 2.18. The molecular formula is C12H19BrN4O2. The number of hydrogen-bond acceptors (Lipinski definition) is 5. The topological polar surface area (TPSA) is 50.6 Å². The molecule has 0 saturated carbocycles. The Hall–Kier alpha value is -0.920. The monoisotopic (exact) mass is 330 g/mol. The smallest absolute Gasteiger partial charge is 0.282 e. The molecule has 0 N–H and O–H groups in total. The fourth-order valence-corrected chi connectivity index (χ4v) is 2.79. The van der Waals surface area contributed by atoms with E-state index < -0.39 is 0 Å². The third-order valence-electron chi connectivity index (χ3n) is 3.11. The van der Waals surface area contributed by atoms with E-state index in [2.05, 4.69) is 30.8 Å². The molecule has 0 aromatic carbocycles. The van der Waals surface area contributed by atoms with Crippen molar-refractivity contribution in [2.75, 3.05) is 45.2 Å². The van der Waals surface area contributed by atoms with Crippen LogP contribution in [-0.4, -0.2) is 61.1 Å². The summed E-state index contributed by atoms with van der Waals surface area (Å²) in [6, 6.07) is 0. The second-order valence-electron chi connectivity index (χ2n) is 4.97. The number of aromatic nitrogens is 2. The summed E-state index contributed by atoms with van der Waals surface area (Å²) < 4.78 is 7.62. The van der Waals surface area contributed by atoms with Gasteiger partial charge in [0.15, 0.2) is 0 Å². The molecule has 106 valence electrons. The van der Waals surface area contributed by atoms with Crippen molar-refractivity contribution in [3.8, 4) is 0 Å². The van der Waals surface area contributed by atoms with Crippen molar-refractivity contribution in [2.45, 2.75) is 6.10 Å². The zero-order chi connectivity index (χ0) is 14.0. The predicted octanol–water partition coefficient (Wildman–Crippen LogP) is 0.310. The number of ether oxygens (including phenoxy) is 1. The summed E-state index contributed by atoms with van der Waals surface area (Å²) >= 11 is 3.37. The maximum absolute atomic E-state index is 11.9. The molecule has 1 fully saturated rings. The molecule has 0 amide bonds. The number of rotatable bonds is 3. The average Bonchev–Trinajstić information content (AvgIpc) is 2.36. The highest BCUT2D eigenvalue weighted by Crippen LogP contribution is 2.23. The molecule has 2 rings (SSSR count). The van der Waals surface area contributed by atoms with Gasteiger partial charge in [-0.15, -0.1) is 0 Å². The van der Waals surface area contributed by atoms with E-state index in [4.69, 9.17) is 4.74 Å². The summed E-state index contributed by atoms with van der Waals surface area (Å²) in [5.41, 5.74) is 0.725. The van der Waals surface area contributed by atoms with E-state index >= 15 is 0 Å². The molecule has 1 aliphatic heterocycles. The number of nitrogens with zero attached hydrogens (tertiary/aromatic N) is 4. The van der Waals surface area contributed by atoms with Crippen LogP contribution < -0.4 is 10.5 Å². The van der Waals surface area contributed by atoms with Crippen molar-refractivity contribution < 1.29 is 4.74 Å². The van der Waals surface area contributed by atoms with Crippen molar-refractivity contribution in [3.05, 3.63) is 21.0 Å². The summed E-state index contributed by atoms with van der Waals surface area (Å²) in [7, 11) is 5.70. The van der Waals surface area contributed by atoms with Crippen LogP contribution in [0.4, 0.5) is 5.69 Å². The van der Waals surface area contributed by atoms with Gasteiger partial charge in [-0.2, -0.15) is 5.10 Å². The van der Waals surface area contributed by atoms with Crippen LogP contribution in [0.3, 0.4) is 0 Å². The first-order valence-electron chi connectivity index (χ1n) is 6.22. The molecule has 6 nitrogen and oxygen atoms in total. The molecule has 1 aromatic rings. The van der Waals surface area contributed by atoms with E-state index in [0.717, 1.165) is 25.3 Å². The van der Waals surface area contributed by atoms with Gasteiger partial charge in [-0.25, -0.2) is 4.68 Å². The van der Waals surface area contributed by atoms with Crippen molar-refractivity contribution >= 4 is 21.6 Å². The highest BCUT2D eigenvalue weighted by molar-refractivity contribution is 9.10. The van der Waals surface area contributed by atoms with Crippen molar-refractivity contribution in [3.63, 3.8) is 0 Å². The van der Waals surface area contributed by atoms with Gasteiger partial charge >= 0.3 is 0 Å². The summed E-state index contributed by atoms with van der Waals surface area (Å²) in [6.07, 6.45) is 1.88. The number of morpholine rings is 1. The van der Waals surface area contributed by atoms with E-state index in [1.165, 1.54) is 4.68 Å². The van der Waals surface area contributed by atoms with E-state index in [-0.39, 0.29) is 11.7 Å².